The lowest BCUT2D eigenvalue weighted by molar-refractivity contribution is -0.138. The van der Waals surface area contributed by atoms with Crippen molar-refractivity contribution < 1.29 is 34.2 Å². The van der Waals surface area contributed by atoms with E-state index >= 15 is 0 Å². The first kappa shape index (κ1) is 24.5. The molecule has 0 bridgehead atoms. The normalized spacial score (nSPS) is 11.1. The number of carboxylic acid groups (broad SMARTS) is 1. The van der Waals surface area contributed by atoms with Gasteiger partial charge in [-0.15, -0.1) is 0 Å². The van der Waals surface area contributed by atoms with Crippen LogP contribution in [0, 0.1) is 0 Å². The second-order valence-corrected chi connectivity index (χ2v) is 6.15. The van der Waals surface area contributed by atoms with E-state index in [0.29, 0.717) is 11.3 Å². The minimum Gasteiger partial charge on any atom is -0.481 e. The number of rotatable bonds is 12. The summed E-state index contributed by atoms with van der Waals surface area (Å²) >= 11 is 0. The van der Waals surface area contributed by atoms with Gasteiger partial charge in [-0.3, -0.25) is 24.0 Å². The molecule has 0 aliphatic heterocycles. The van der Waals surface area contributed by atoms with Crippen molar-refractivity contribution in [2.75, 3.05) is 25.0 Å². The smallest absolute Gasteiger partial charge is 0.303 e. The molecule has 8 N–H and O–H groups in total. The summed E-state index contributed by atoms with van der Waals surface area (Å²) in [5.74, 6) is -3.74. The Morgan fingerprint density at radius 3 is 2.13 bits per heavy atom. The maximum atomic E-state index is 12.3. The molecule has 0 aliphatic rings. The first-order valence-corrected chi connectivity index (χ1v) is 9.00. The second kappa shape index (κ2) is 12.9. The number of nitrogens with two attached hydrogens (primary N) is 1. The third-order valence-corrected chi connectivity index (χ3v) is 3.77. The van der Waals surface area contributed by atoms with E-state index in [-0.39, 0.29) is 19.6 Å². The molecular weight excluding hydrogens is 398 g/mol. The highest BCUT2D eigenvalue weighted by Crippen LogP contribution is 2.09. The molecule has 0 unspecified atom stereocenters. The minimum atomic E-state index is -1.21. The molecule has 12 heteroatoms. The van der Waals surface area contributed by atoms with Crippen molar-refractivity contribution in [2.45, 2.75) is 25.5 Å². The fourth-order valence-electron chi connectivity index (χ4n) is 2.22. The van der Waals surface area contributed by atoms with Gasteiger partial charge in [-0.25, -0.2) is 0 Å². The third kappa shape index (κ3) is 9.61. The summed E-state index contributed by atoms with van der Waals surface area (Å²) in [7, 11) is 0. The van der Waals surface area contributed by atoms with Gasteiger partial charge in [0.2, 0.25) is 23.6 Å². The summed E-state index contributed by atoms with van der Waals surface area (Å²) < 4.78 is 0. The summed E-state index contributed by atoms with van der Waals surface area (Å²) in [4.78, 5) is 58.0. The highest BCUT2D eigenvalue weighted by molar-refractivity contribution is 5.96. The van der Waals surface area contributed by atoms with E-state index in [2.05, 4.69) is 21.3 Å². The van der Waals surface area contributed by atoms with Gasteiger partial charge >= 0.3 is 5.97 Å². The van der Waals surface area contributed by atoms with Crippen LogP contribution in [-0.4, -0.2) is 65.5 Å². The number of hydrogen-bond acceptors (Lipinski definition) is 7. The molecule has 30 heavy (non-hydrogen) atoms. The Balaban J connectivity index is 2.57. The Morgan fingerprint density at radius 2 is 1.57 bits per heavy atom. The Hall–Kier alpha value is -3.51. The number of amides is 4. The lowest BCUT2D eigenvalue weighted by Gasteiger charge is -2.18. The predicted molar refractivity (Wildman–Crippen MR) is 105 cm³/mol. The Kier molecular flexibility index (Phi) is 10.5. The fourth-order valence-corrected chi connectivity index (χ4v) is 2.22. The van der Waals surface area contributed by atoms with E-state index in [1.807, 2.05) is 0 Å². The zero-order valence-corrected chi connectivity index (χ0v) is 16.1. The highest BCUT2D eigenvalue weighted by Gasteiger charge is 2.22. The molecule has 0 radical (unpaired) electrons. The number of aliphatic hydroxyl groups excluding tert-OH is 1. The molecule has 1 aromatic carbocycles. The van der Waals surface area contributed by atoms with Gasteiger partial charge in [0, 0.05) is 12.1 Å². The monoisotopic (exact) mass is 423 g/mol. The minimum absolute atomic E-state index is 0.135. The highest BCUT2D eigenvalue weighted by atomic mass is 16.4. The molecule has 0 spiro atoms. The van der Waals surface area contributed by atoms with Crippen molar-refractivity contribution in [3.8, 4) is 0 Å². The van der Waals surface area contributed by atoms with Crippen molar-refractivity contribution in [1.82, 2.24) is 16.0 Å². The lowest BCUT2D eigenvalue weighted by Crippen LogP contribution is -2.51. The summed E-state index contributed by atoms with van der Waals surface area (Å²) in [6.07, 6.45) is -0.598. The molecule has 0 saturated carbocycles. The predicted octanol–water partition coefficient (Wildman–Crippen LogP) is -2.34. The van der Waals surface area contributed by atoms with Crippen LogP contribution in [0.5, 0.6) is 0 Å². The first-order chi connectivity index (χ1) is 14.2. The van der Waals surface area contributed by atoms with Crippen LogP contribution in [-0.2, 0) is 30.6 Å². The van der Waals surface area contributed by atoms with Gasteiger partial charge in [0.25, 0.3) is 0 Å². The van der Waals surface area contributed by atoms with Gasteiger partial charge in [0.1, 0.15) is 6.04 Å². The molecule has 0 aromatic heterocycles. The average Bonchev–Trinajstić information content (AvgIpc) is 2.73. The number of benzene rings is 1. The summed E-state index contributed by atoms with van der Waals surface area (Å²) in [5, 5.41) is 27.2. The van der Waals surface area contributed by atoms with Crippen LogP contribution < -0.4 is 27.0 Å². The maximum Gasteiger partial charge on any atom is 0.303 e. The molecule has 0 aliphatic carbocycles. The van der Waals surface area contributed by atoms with E-state index in [4.69, 9.17) is 15.9 Å². The molecule has 1 aromatic rings. The van der Waals surface area contributed by atoms with Crippen molar-refractivity contribution in [1.29, 1.82) is 0 Å². The zero-order valence-electron chi connectivity index (χ0n) is 16.1. The number of hydrogen-bond donors (Lipinski definition) is 7. The summed E-state index contributed by atoms with van der Waals surface area (Å²) in [5.41, 5.74) is 6.23. The largest absolute Gasteiger partial charge is 0.481 e. The molecule has 1 atom stereocenters. The molecule has 1 rings (SSSR count). The van der Waals surface area contributed by atoms with Gasteiger partial charge < -0.3 is 37.2 Å². The van der Waals surface area contributed by atoms with Crippen LogP contribution in [0.1, 0.15) is 18.4 Å². The van der Waals surface area contributed by atoms with Gasteiger partial charge in [-0.1, -0.05) is 12.1 Å². The van der Waals surface area contributed by atoms with Crippen molar-refractivity contribution >= 4 is 35.3 Å². The van der Waals surface area contributed by atoms with Gasteiger partial charge in [-0.2, -0.15) is 0 Å². The quantitative estimate of drug-likeness (QED) is 0.194. The van der Waals surface area contributed by atoms with E-state index in [1.165, 1.54) is 0 Å². The van der Waals surface area contributed by atoms with Crippen molar-refractivity contribution in [3.05, 3.63) is 29.8 Å². The summed E-state index contributed by atoms with van der Waals surface area (Å²) in [6, 6.07) is 5.19. The van der Waals surface area contributed by atoms with Crippen LogP contribution in [0.4, 0.5) is 5.69 Å². The average molecular weight is 423 g/mol. The topological polar surface area (TPSA) is 200 Å². The Bertz CT molecular complexity index is 767. The Labute approximate surface area is 172 Å². The molecule has 164 valence electrons. The third-order valence-electron chi connectivity index (χ3n) is 3.77. The number of carbonyl (C=O) groups excluding carboxylic acids is 4. The standard InChI is InChI=1S/C18H25N5O7/c19-7-14(25)20-8-16(27)23-13(5-6-17(28)29)18(30)21-9-15(26)22-12-3-1-11(10-24)2-4-12/h1-4,13,24H,5-10,19H2,(H,20,25)(H,21,30)(H,22,26)(H,23,27)(H,28,29)/t13-/m0/s1. The van der Waals surface area contributed by atoms with E-state index in [0.717, 1.165) is 0 Å². The first-order valence-electron chi connectivity index (χ1n) is 9.00. The lowest BCUT2D eigenvalue weighted by atomic mass is 10.1. The van der Waals surface area contributed by atoms with Crippen LogP contribution >= 0.6 is 0 Å². The van der Waals surface area contributed by atoms with Crippen LogP contribution in [0.25, 0.3) is 0 Å². The molecule has 0 heterocycles. The van der Waals surface area contributed by atoms with E-state index in [9.17, 15) is 24.0 Å². The fraction of sp³-hybridized carbons (Fsp3) is 0.389. The summed E-state index contributed by atoms with van der Waals surface area (Å²) in [6.45, 7) is -1.29. The Morgan fingerprint density at radius 1 is 0.933 bits per heavy atom. The van der Waals surface area contributed by atoms with Crippen molar-refractivity contribution in [3.63, 3.8) is 0 Å². The van der Waals surface area contributed by atoms with E-state index in [1.54, 1.807) is 24.3 Å². The van der Waals surface area contributed by atoms with Gasteiger partial charge in [-0.05, 0) is 24.1 Å². The van der Waals surface area contributed by atoms with Gasteiger partial charge in [0.15, 0.2) is 0 Å². The molecule has 12 nitrogen and oxygen atoms in total. The molecule has 0 saturated heterocycles. The van der Waals surface area contributed by atoms with Crippen LogP contribution in [0.2, 0.25) is 0 Å². The van der Waals surface area contributed by atoms with E-state index < -0.39 is 55.2 Å². The number of carboxylic acids is 1. The number of aliphatic hydroxyl groups is 1. The molecule has 0 fully saturated rings. The zero-order chi connectivity index (χ0) is 22.5. The van der Waals surface area contributed by atoms with Crippen LogP contribution in [0.3, 0.4) is 0 Å². The molecule has 4 amide bonds. The van der Waals surface area contributed by atoms with Crippen molar-refractivity contribution in [2.24, 2.45) is 5.73 Å². The molecular formula is C18H25N5O7. The van der Waals surface area contributed by atoms with Crippen LogP contribution in [0.15, 0.2) is 24.3 Å². The number of carbonyl (C=O) groups is 5. The number of nitrogens with one attached hydrogen (secondary N) is 4. The second-order valence-electron chi connectivity index (χ2n) is 6.15. The van der Waals surface area contributed by atoms with Gasteiger partial charge in [0.05, 0.1) is 26.2 Å². The number of anilines is 1. The maximum absolute atomic E-state index is 12.3. The number of aliphatic carboxylic acids is 1. The SMILES string of the molecule is NCC(=O)NCC(=O)N[C@@H](CCC(=O)O)C(=O)NCC(=O)Nc1ccc(CO)cc1.